The number of aromatic nitrogens is 2. The van der Waals surface area contributed by atoms with E-state index >= 15 is 0 Å². The molecule has 6 bridgehead atoms. The van der Waals surface area contributed by atoms with Crippen LogP contribution in [-0.2, 0) is 59.4 Å². The number of esters is 1. The van der Waals surface area contributed by atoms with Crippen molar-refractivity contribution in [3.8, 4) is 40.0 Å². The maximum atomic E-state index is 14.8. The number of phenolic OH excluding ortho intramolecular Hbond substituents is 1. The van der Waals surface area contributed by atoms with Crippen molar-refractivity contribution in [3.63, 3.8) is 0 Å². The summed E-state index contributed by atoms with van der Waals surface area (Å²) in [7, 11) is 5.25. The van der Waals surface area contributed by atoms with Crippen LogP contribution in [0.3, 0.4) is 0 Å². The Labute approximate surface area is 417 Å². The van der Waals surface area contributed by atoms with E-state index in [-0.39, 0.29) is 55.6 Å². The van der Waals surface area contributed by atoms with Gasteiger partial charge in [0.05, 0.1) is 36.6 Å². The third-order valence-corrected chi connectivity index (χ3v) is 14.6. The summed E-state index contributed by atoms with van der Waals surface area (Å²) in [5.41, 5.74) is 9.55. The number of ether oxygens (including phenoxy) is 2. The summed E-state index contributed by atoms with van der Waals surface area (Å²) in [4.78, 5) is 80.7. The predicted octanol–water partition coefficient (Wildman–Crippen LogP) is 5.32. The molecule has 2 aromatic carbocycles. The minimum Gasteiger partial charge on any atom is -0.508 e. The van der Waals surface area contributed by atoms with E-state index < -0.39 is 47.2 Å². The number of amides is 4. The number of cyclic esters (lactones) is 1. The van der Waals surface area contributed by atoms with Gasteiger partial charge in [0.25, 0.3) is 11.8 Å². The Morgan fingerprint density at radius 2 is 1.83 bits per heavy atom. The van der Waals surface area contributed by atoms with Crippen LogP contribution >= 0.6 is 0 Å². The van der Waals surface area contributed by atoms with E-state index in [4.69, 9.17) is 14.5 Å². The average molecular weight is 971 g/mol. The molecule has 3 fully saturated rings. The zero-order valence-corrected chi connectivity index (χ0v) is 42.5. The standard InChI is InChI=1S/C55H70N8O8/c1-9-62-47-18-16-36-29-42(47)43(50(62)41-14-10-21-56-46(41)32-70-8)30-55(4,5)33-71-54(69)44-15-12-23-63(58-44)53(68)45(27-35-25-38(36)28-40(64)26-35)57-51(66)49(34(2)3)60(7)52(67)37-20-24-61(31-37)48(65)19-17-39-13-11-22-59(39)6/h10,14,16,18,21,25-26,28-29,34,37,39,44-45,49,58,64H,9,11-13,15,20,22-24,27,30-33H2,1-8H3,(H,57,66)/t37-,39-,44-,45-,49-/m0/s1. The number of fused-ring (bicyclic) bond motifs is 6. The van der Waals surface area contributed by atoms with Gasteiger partial charge in [0.1, 0.15) is 23.9 Å². The van der Waals surface area contributed by atoms with Crippen molar-refractivity contribution < 1.29 is 38.6 Å². The number of likely N-dealkylation sites (tertiary alicyclic amines) is 2. The van der Waals surface area contributed by atoms with Crippen LogP contribution in [0.25, 0.3) is 33.3 Å². The number of hydrogen-bond donors (Lipinski definition) is 3. The Morgan fingerprint density at radius 1 is 1.04 bits per heavy atom. The summed E-state index contributed by atoms with van der Waals surface area (Å²) in [6, 6.07) is 12.5. The molecule has 0 spiro atoms. The van der Waals surface area contributed by atoms with Crippen molar-refractivity contribution in [1.82, 2.24) is 40.0 Å². The van der Waals surface area contributed by atoms with Gasteiger partial charge < -0.3 is 34.3 Å². The van der Waals surface area contributed by atoms with Gasteiger partial charge in [-0.3, -0.25) is 38.9 Å². The molecule has 8 rings (SSSR count). The molecule has 0 radical (unpaired) electrons. The smallest absolute Gasteiger partial charge is 0.324 e. The number of nitrogens with zero attached hydrogens (tertiary/aromatic N) is 6. The van der Waals surface area contributed by atoms with Crippen LogP contribution in [0.4, 0.5) is 0 Å². The van der Waals surface area contributed by atoms with Crippen molar-refractivity contribution in [3.05, 3.63) is 71.5 Å². The molecule has 6 heterocycles. The van der Waals surface area contributed by atoms with E-state index in [1.54, 1.807) is 37.4 Å². The molecule has 16 nitrogen and oxygen atoms in total. The maximum absolute atomic E-state index is 14.8. The van der Waals surface area contributed by atoms with Crippen LogP contribution < -0.4 is 10.7 Å². The number of phenols is 1. The van der Waals surface area contributed by atoms with Gasteiger partial charge in [-0.05, 0) is 130 Å². The lowest BCUT2D eigenvalue weighted by atomic mass is 9.84. The molecule has 0 unspecified atom stereocenters. The molecule has 3 saturated heterocycles. The van der Waals surface area contributed by atoms with E-state index in [2.05, 4.69) is 71.0 Å². The first-order valence-electron chi connectivity index (χ1n) is 25.2. The molecule has 0 aliphatic carbocycles. The number of benzene rings is 2. The van der Waals surface area contributed by atoms with Gasteiger partial charge in [-0.1, -0.05) is 45.7 Å². The van der Waals surface area contributed by atoms with E-state index in [1.165, 1.54) is 9.91 Å². The van der Waals surface area contributed by atoms with Crippen LogP contribution in [0.5, 0.6) is 5.75 Å². The molecule has 4 aliphatic heterocycles. The van der Waals surface area contributed by atoms with Crippen molar-refractivity contribution in [2.24, 2.45) is 17.3 Å². The van der Waals surface area contributed by atoms with Crippen LogP contribution in [-0.4, -0.2) is 142 Å². The molecule has 71 heavy (non-hydrogen) atoms. The van der Waals surface area contributed by atoms with Crippen LogP contribution in [0.1, 0.15) is 83.5 Å². The molecule has 5 atom stereocenters. The van der Waals surface area contributed by atoms with Gasteiger partial charge in [0.15, 0.2) is 0 Å². The first kappa shape index (κ1) is 51.1. The Bertz CT molecular complexity index is 2740. The van der Waals surface area contributed by atoms with Crippen LogP contribution in [0.15, 0.2) is 54.7 Å². The Balaban J connectivity index is 1.13. The number of hydrazine groups is 1. The van der Waals surface area contributed by atoms with Crippen LogP contribution in [0, 0.1) is 29.1 Å². The summed E-state index contributed by atoms with van der Waals surface area (Å²) < 4.78 is 14.0. The van der Waals surface area contributed by atoms with Gasteiger partial charge in [0.2, 0.25) is 11.8 Å². The van der Waals surface area contributed by atoms with Gasteiger partial charge in [0, 0.05) is 74.8 Å². The zero-order chi connectivity index (χ0) is 50.7. The fraction of sp³-hybridized carbons (Fsp3) is 0.527. The SMILES string of the molecule is CCn1c(-c2cccnc2COC)c2c3cc(ccc31)-c1cc(O)cc(c1)C[C@H](NC(=O)[C@H](C(C)C)N(C)C(=O)[C@H]1CCN(C(=O)C#C[C@@H]3CCCN3C)C1)C(=O)N1CCC[C@H](N1)C(=O)OCC(C)(C)C2. The molecule has 3 N–H and O–H groups in total. The molecule has 4 aliphatic rings. The second-order valence-corrected chi connectivity index (χ2v) is 20.9. The van der Waals surface area contributed by atoms with E-state index in [1.807, 2.05) is 39.1 Å². The minimum absolute atomic E-state index is 0.0116. The van der Waals surface area contributed by atoms with Crippen molar-refractivity contribution >= 4 is 40.5 Å². The molecule has 4 aromatic rings. The highest BCUT2D eigenvalue weighted by molar-refractivity contribution is 5.97. The van der Waals surface area contributed by atoms with Crippen molar-refractivity contribution in [1.29, 1.82) is 0 Å². The van der Waals surface area contributed by atoms with Gasteiger partial charge >= 0.3 is 5.97 Å². The largest absolute Gasteiger partial charge is 0.508 e. The number of aromatic hydroxyl groups is 1. The van der Waals surface area contributed by atoms with E-state index in [0.29, 0.717) is 50.9 Å². The maximum Gasteiger partial charge on any atom is 0.324 e. The average Bonchev–Trinajstić information content (AvgIpc) is 4.09. The normalized spacial score (nSPS) is 22.2. The summed E-state index contributed by atoms with van der Waals surface area (Å²) in [6.45, 7) is 12.8. The van der Waals surface area contributed by atoms with E-state index in [9.17, 15) is 29.1 Å². The predicted molar refractivity (Wildman–Crippen MR) is 270 cm³/mol. The first-order valence-corrected chi connectivity index (χ1v) is 25.2. The summed E-state index contributed by atoms with van der Waals surface area (Å²) >= 11 is 0. The fourth-order valence-corrected chi connectivity index (χ4v) is 11.0. The second-order valence-electron chi connectivity index (χ2n) is 20.9. The summed E-state index contributed by atoms with van der Waals surface area (Å²) in [5, 5.41) is 16.8. The Morgan fingerprint density at radius 3 is 2.56 bits per heavy atom. The molecule has 378 valence electrons. The highest BCUT2D eigenvalue weighted by atomic mass is 16.5. The highest BCUT2D eigenvalue weighted by Gasteiger charge is 2.40. The number of carbonyl (C=O) groups is 5. The fourth-order valence-electron chi connectivity index (χ4n) is 11.0. The number of rotatable bonds is 9. The molecular weight excluding hydrogens is 901 g/mol. The summed E-state index contributed by atoms with van der Waals surface area (Å²) in [5.74, 6) is 2.95. The quantitative estimate of drug-likeness (QED) is 0.146. The molecule has 4 amide bonds. The first-order chi connectivity index (χ1) is 34.0. The number of carbonyl (C=O) groups excluding carboxylic acids is 5. The monoisotopic (exact) mass is 971 g/mol. The third-order valence-electron chi connectivity index (χ3n) is 14.6. The molecule has 16 heteroatoms. The van der Waals surface area contributed by atoms with Gasteiger partial charge in [-0.2, -0.15) is 0 Å². The highest BCUT2D eigenvalue weighted by Crippen LogP contribution is 2.41. The second kappa shape index (κ2) is 21.6. The number of hydrogen-bond acceptors (Lipinski definition) is 11. The Kier molecular flexibility index (Phi) is 15.5. The van der Waals surface area contributed by atoms with E-state index in [0.717, 1.165) is 63.9 Å². The lowest BCUT2D eigenvalue weighted by Crippen LogP contribution is -2.62. The summed E-state index contributed by atoms with van der Waals surface area (Å²) in [6.07, 6.45) is 5.64. The lowest BCUT2D eigenvalue weighted by Gasteiger charge is -2.37. The van der Waals surface area contributed by atoms with Gasteiger partial charge in [-0.25, -0.2) is 5.43 Å². The molecular formula is C55H70N8O8. The zero-order valence-electron chi connectivity index (χ0n) is 42.5. The molecule has 0 saturated carbocycles. The number of likely N-dealkylation sites (N-methyl/N-ethyl adjacent to an activating group) is 1. The number of nitrogens with one attached hydrogen (secondary N) is 2. The minimum atomic E-state index is -1.17. The van der Waals surface area contributed by atoms with Gasteiger partial charge in [-0.15, -0.1) is 0 Å². The molecule has 2 aromatic heterocycles. The van der Waals surface area contributed by atoms with Crippen LogP contribution in [0.2, 0.25) is 0 Å². The topological polar surface area (TPSA) is 179 Å². The number of pyridine rings is 1. The number of methoxy groups -OCH3 is 1. The Hall–Kier alpha value is -6.28. The lowest BCUT2D eigenvalue weighted by molar-refractivity contribution is -0.155. The van der Waals surface area contributed by atoms with Crippen molar-refractivity contribution in [2.75, 3.05) is 54.0 Å². The third kappa shape index (κ3) is 11.1. The number of aryl methyl sites for hydroxylation is 1. The van der Waals surface area contributed by atoms with Crippen molar-refractivity contribution in [2.45, 2.75) is 117 Å².